The molecular formula is C23H24N4O2. The molecule has 0 atom stereocenters. The summed E-state index contributed by atoms with van der Waals surface area (Å²) in [7, 11) is 0. The van der Waals surface area contributed by atoms with E-state index in [1.807, 2.05) is 24.3 Å². The second-order valence-corrected chi connectivity index (χ2v) is 7.01. The minimum absolute atomic E-state index is 0.240. The summed E-state index contributed by atoms with van der Waals surface area (Å²) in [6.45, 7) is 4.99. The zero-order chi connectivity index (χ0) is 19.9. The Balaban J connectivity index is 1.26. The standard InChI is InChI=1S/C23H24N4O2/c28-23(25-24-17-22-7-4-16-29-22)20-10-8-19(9-11-20)18-26-12-14-27(15-13-26)21-5-2-1-3-6-21/h1-11,16-17H,12-15,18H2,(H,25,28)/b24-17+. The lowest BCUT2D eigenvalue weighted by molar-refractivity contribution is 0.0955. The van der Waals surface area contributed by atoms with Crippen molar-refractivity contribution in [3.05, 3.63) is 89.9 Å². The van der Waals surface area contributed by atoms with E-state index < -0.39 is 0 Å². The molecule has 4 rings (SSSR count). The van der Waals surface area contributed by atoms with E-state index in [0.29, 0.717) is 11.3 Å². The lowest BCUT2D eigenvalue weighted by Gasteiger charge is -2.36. The van der Waals surface area contributed by atoms with Gasteiger partial charge >= 0.3 is 0 Å². The molecule has 148 valence electrons. The average molecular weight is 388 g/mol. The molecule has 1 aromatic heterocycles. The number of hydrazone groups is 1. The highest BCUT2D eigenvalue weighted by molar-refractivity contribution is 5.94. The maximum Gasteiger partial charge on any atom is 0.271 e. The van der Waals surface area contributed by atoms with Crippen molar-refractivity contribution in [2.75, 3.05) is 31.1 Å². The van der Waals surface area contributed by atoms with Crippen molar-refractivity contribution in [1.82, 2.24) is 10.3 Å². The van der Waals surface area contributed by atoms with Gasteiger partial charge in [-0.1, -0.05) is 30.3 Å². The number of carbonyl (C=O) groups excluding carboxylic acids is 1. The predicted octanol–water partition coefficient (Wildman–Crippen LogP) is 3.37. The van der Waals surface area contributed by atoms with Gasteiger partial charge in [0.05, 0.1) is 12.5 Å². The van der Waals surface area contributed by atoms with Crippen LogP contribution in [0.5, 0.6) is 0 Å². The fraction of sp³-hybridized carbons (Fsp3) is 0.217. The van der Waals surface area contributed by atoms with Gasteiger partial charge in [0.2, 0.25) is 0 Å². The second-order valence-electron chi connectivity index (χ2n) is 7.01. The van der Waals surface area contributed by atoms with Gasteiger partial charge in [-0.15, -0.1) is 0 Å². The Bertz CT molecular complexity index is 929. The first kappa shape index (κ1) is 19.0. The Kier molecular flexibility index (Phi) is 6.02. The summed E-state index contributed by atoms with van der Waals surface area (Å²) in [5.74, 6) is 0.351. The number of nitrogens with zero attached hydrogens (tertiary/aromatic N) is 3. The molecule has 6 heteroatoms. The van der Waals surface area contributed by atoms with E-state index >= 15 is 0 Å². The Labute approximate surface area is 170 Å². The molecule has 2 heterocycles. The third kappa shape index (κ3) is 5.12. The van der Waals surface area contributed by atoms with Crippen molar-refractivity contribution in [1.29, 1.82) is 0 Å². The number of furan rings is 1. The van der Waals surface area contributed by atoms with Crippen molar-refractivity contribution in [3.8, 4) is 0 Å². The minimum atomic E-state index is -0.240. The van der Waals surface area contributed by atoms with Gasteiger partial charge in [-0.3, -0.25) is 9.69 Å². The van der Waals surface area contributed by atoms with Gasteiger partial charge in [0.15, 0.2) is 0 Å². The summed E-state index contributed by atoms with van der Waals surface area (Å²) < 4.78 is 5.13. The first-order valence-electron chi connectivity index (χ1n) is 9.76. The third-order valence-electron chi connectivity index (χ3n) is 5.02. The Morgan fingerprint density at radius 1 is 0.966 bits per heavy atom. The Hall–Kier alpha value is -3.38. The monoisotopic (exact) mass is 388 g/mol. The summed E-state index contributed by atoms with van der Waals surface area (Å²) in [6, 6.07) is 21.8. The van der Waals surface area contributed by atoms with Crippen LogP contribution < -0.4 is 10.3 Å². The number of hydrogen-bond donors (Lipinski definition) is 1. The van der Waals surface area contributed by atoms with Gasteiger partial charge in [0.25, 0.3) is 5.91 Å². The number of hydrogen-bond acceptors (Lipinski definition) is 5. The summed E-state index contributed by atoms with van der Waals surface area (Å²) in [5, 5.41) is 3.91. The third-order valence-corrected chi connectivity index (χ3v) is 5.02. The molecule has 2 aromatic carbocycles. The summed E-state index contributed by atoms with van der Waals surface area (Å²) in [6.07, 6.45) is 3.03. The van der Waals surface area contributed by atoms with Gasteiger partial charge in [-0.05, 0) is 42.0 Å². The highest BCUT2D eigenvalue weighted by atomic mass is 16.3. The molecule has 0 saturated carbocycles. The van der Waals surface area contributed by atoms with E-state index in [2.05, 4.69) is 50.7 Å². The number of benzene rings is 2. The first-order valence-corrected chi connectivity index (χ1v) is 9.76. The summed E-state index contributed by atoms with van der Waals surface area (Å²) in [4.78, 5) is 17.0. The average Bonchev–Trinajstić information content (AvgIpc) is 3.29. The van der Waals surface area contributed by atoms with E-state index in [1.165, 1.54) is 17.5 Å². The van der Waals surface area contributed by atoms with Gasteiger partial charge < -0.3 is 9.32 Å². The molecule has 1 amide bonds. The molecule has 3 aromatic rings. The van der Waals surface area contributed by atoms with Gasteiger partial charge in [0.1, 0.15) is 5.76 Å². The maximum absolute atomic E-state index is 12.2. The minimum Gasteiger partial charge on any atom is -0.463 e. The van der Waals surface area contributed by atoms with Gasteiger partial charge in [-0.2, -0.15) is 5.10 Å². The number of carbonyl (C=O) groups is 1. The van der Waals surface area contributed by atoms with E-state index in [1.54, 1.807) is 18.4 Å². The van der Waals surface area contributed by atoms with Crippen LogP contribution in [0.25, 0.3) is 0 Å². The smallest absolute Gasteiger partial charge is 0.271 e. The molecule has 1 fully saturated rings. The van der Waals surface area contributed by atoms with Crippen LogP contribution in [-0.2, 0) is 6.54 Å². The van der Waals surface area contributed by atoms with Crippen molar-refractivity contribution in [2.45, 2.75) is 6.54 Å². The lowest BCUT2D eigenvalue weighted by Crippen LogP contribution is -2.45. The van der Waals surface area contributed by atoms with Gasteiger partial charge in [0, 0.05) is 44.0 Å². The van der Waals surface area contributed by atoms with E-state index in [0.717, 1.165) is 32.7 Å². The Morgan fingerprint density at radius 2 is 1.72 bits per heavy atom. The SMILES string of the molecule is O=C(N/N=C/c1ccco1)c1ccc(CN2CCN(c3ccccc3)CC2)cc1. The highest BCUT2D eigenvalue weighted by Crippen LogP contribution is 2.17. The summed E-state index contributed by atoms with van der Waals surface area (Å²) in [5.41, 5.74) is 5.59. The van der Waals surface area contributed by atoms with Crippen LogP contribution in [0.2, 0.25) is 0 Å². The molecule has 0 bridgehead atoms. The fourth-order valence-electron chi connectivity index (χ4n) is 3.41. The number of piperazine rings is 1. The topological polar surface area (TPSA) is 61.1 Å². The molecule has 1 saturated heterocycles. The zero-order valence-electron chi connectivity index (χ0n) is 16.2. The van der Waals surface area contributed by atoms with Crippen LogP contribution in [0.15, 0.2) is 82.5 Å². The second kappa shape index (κ2) is 9.21. The molecule has 1 N–H and O–H groups in total. The first-order chi connectivity index (χ1) is 14.3. The molecule has 29 heavy (non-hydrogen) atoms. The van der Waals surface area contributed by atoms with Crippen LogP contribution in [0.1, 0.15) is 21.7 Å². The van der Waals surface area contributed by atoms with Crippen molar-refractivity contribution in [2.24, 2.45) is 5.10 Å². The lowest BCUT2D eigenvalue weighted by atomic mass is 10.1. The maximum atomic E-state index is 12.2. The van der Waals surface area contributed by atoms with E-state index in [4.69, 9.17) is 4.42 Å². The van der Waals surface area contributed by atoms with Crippen LogP contribution in [0, 0.1) is 0 Å². The van der Waals surface area contributed by atoms with Crippen molar-refractivity contribution < 1.29 is 9.21 Å². The molecule has 6 nitrogen and oxygen atoms in total. The molecule has 1 aliphatic heterocycles. The number of anilines is 1. The quantitative estimate of drug-likeness (QED) is 0.520. The van der Waals surface area contributed by atoms with Crippen LogP contribution in [-0.4, -0.2) is 43.2 Å². The normalized spacial score (nSPS) is 15.0. The van der Waals surface area contributed by atoms with E-state index in [9.17, 15) is 4.79 Å². The molecule has 0 aliphatic carbocycles. The number of rotatable bonds is 6. The number of amides is 1. The largest absolute Gasteiger partial charge is 0.463 e. The molecule has 1 aliphatic rings. The molecule has 0 radical (unpaired) electrons. The van der Waals surface area contributed by atoms with Crippen LogP contribution in [0.3, 0.4) is 0 Å². The molecule has 0 unspecified atom stereocenters. The van der Waals surface area contributed by atoms with E-state index in [-0.39, 0.29) is 5.91 Å². The van der Waals surface area contributed by atoms with Gasteiger partial charge in [-0.25, -0.2) is 5.43 Å². The Morgan fingerprint density at radius 3 is 2.41 bits per heavy atom. The highest BCUT2D eigenvalue weighted by Gasteiger charge is 2.17. The zero-order valence-corrected chi connectivity index (χ0v) is 16.2. The molecule has 0 spiro atoms. The number of nitrogens with one attached hydrogen (secondary N) is 1. The summed E-state index contributed by atoms with van der Waals surface area (Å²) >= 11 is 0. The number of para-hydroxylation sites is 1. The van der Waals surface area contributed by atoms with Crippen molar-refractivity contribution >= 4 is 17.8 Å². The van der Waals surface area contributed by atoms with Crippen LogP contribution >= 0.6 is 0 Å². The molecular weight excluding hydrogens is 364 g/mol. The van der Waals surface area contributed by atoms with Crippen LogP contribution in [0.4, 0.5) is 5.69 Å². The van der Waals surface area contributed by atoms with Crippen molar-refractivity contribution in [3.63, 3.8) is 0 Å². The predicted molar refractivity (Wildman–Crippen MR) is 114 cm³/mol. The fourth-order valence-corrected chi connectivity index (χ4v) is 3.41.